The van der Waals surface area contributed by atoms with E-state index in [1.54, 1.807) is 25.0 Å². The maximum Gasteiger partial charge on any atom is 0.269 e. The van der Waals surface area contributed by atoms with Gasteiger partial charge in [0.25, 0.3) is 5.91 Å². The lowest BCUT2D eigenvalue weighted by atomic mass is 10.3. The number of carbonyl (C=O) groups is 1. The summed E-state index contributed by atoms with van der Waals surface area (Å²) in [6.45, 7) is 0.623. The Morgan fingerprint density at radius 1 is 1.55 bits per heavy atom. The van der Waals surface area contributed by atoms with Gasteiger partial charge in [0.05, 0.1) is 5.69 Å². The Morgan fingerprint density at radius 2 is 2.30 bits per heavy atom. The molecule has 0 radical (unpaired) electrons. The molecule has 0 atom stereocenters. The number of nitriles is 1. The lowest BCUT2D eigenvalue weighted by Crippen LogP contribution is -2.35. The van der Waals surface area contributed by atoms with Gasteiger partial charge in [0.1, 0.15) is 5.69 Å². The highest BCUT2D eigenvalue weighted by Crippen LogP contribution is 2.11. The van der Waals surface area contributed by atoms with E-state index in [0.717, 1.165) is 5.75 Å². The first-order chi connectivity index (χ1) is 9.69. The molecular weight excluding hydrogens is 278 g/mol. The van der Waals surface area contributed by atoms with Crippen molar-refractivity contribution in [1.29, 1.82) is 5.26 Å². The molecule has 0 aliphatic rings. The molecule has 8 nitrogen and oxygen atoms in total. The highest BCUT2D eigenvalue weighted by Gasteiger charge is 2.10. The summed E-state index contributed by atoms with van der Waals surface area (Å²) < 4.78 is 0. The van der Waals surface area contributed by atoms with Crippen molar-refractivity contribution in [3.05, 3.63) is 23.8 Å². The molecule has 0 aromatic carbocycles. The Bertz CT molecular complexity index is 526. The summed E-state index contributed by atoms with van der Waals surface area (Å²) in [4.78, 5) is 23.0. The van der Waals surface area contributed by atoms with Crippen LogP contribution in [0.5, 0.6) is 0 Å². The van der Waals surface area contributed by atoms with E-state index >= 15 is 0 Å². The number of nitrogens with two attached hydrogens (primary N) is 1. The second-order valence-corrected chi connectivity index (χ2v) is 4.61. The summed E-state index contributed by atoms with van der Waals surface area (Å²) in [5.41, 5.74) is 6.00. The number of aliphatic imine (C=N–C) groups is 1. The highest BCUT2D eigenvalue weighted by molar-refractivity contribution is 7.98. The fourth-order valence-corrected chi connectivity index (χ4v) is 2.12. The predicted octanol–water partition coefficient (Wildman–Crippen LogP) is -0.545. The van der Waals surface area contributed by atoms with Crippen LogP contribution in [0.3, 0.4) is 0 Å². The molecule has 0 aliphatic heterocycles. The average Bonchev–Trinajstić information content (AvgIpc) is 2.46. The normalized spacial score (nSPS) is 10.7. The van der Waals surface area contributed by atoms with Crippen molar-refractivity contribution >= 4 is 23.6 Å². The van der Waals surface area contributed by atoms with Crippen LogP contribution in [0.25, 0.3) is 0 Å². The molecule has 0 unspecified atom stereocenters. The number of thioether (sulfide) groups is 1. The molecule has 0 saturated heterocycles. The standard InChI is InChI=1S/C11H15N7OS/c1-14-11(18-7-12)17-4-5-20-6-8-9(10(13)19)16-3-2-15-8/h2-3H,4-6H2,1H3,(H2,13,19)(H2,14,17,18). The minimum Gasteiger partial charge on any atom is -0.364 e. The third-order valence-corrected chi connectivity index (χ3v) is 3.15. The van der Waals surface area contributed by atoms with Crippen LogP contribution in [0.2, 0.25) is 0 Å². The van der Waals surface area contributed by atoms with E-state index in [-0.39, 0.29) is 5.69 Å². The molecule has 4 N–H and O–H groups in total. The van der Waals surface area contributed by atoms with E-state index in [4.69, 9.17) is 11.0 Å². The number of aromatic nitrogens is 2. The zero-order valence-corrected chi connectivity index (χ0v) is 11.8. The minimum atomic E-state index is -0.578. The first kappa shape index (κ1) is 15.7. The van der Waals surface area contributed by atoms with Gasteiger partial charge < -0.3 is 11.1 Å². The van der Waals surface area contributed by atoms with E-state index in [9.17, 15) is 4.79 Å². The van der Waals surface area contributed by atoms with Crippen LogP contribution in [0.15, 0.2) is 17.4 Å². The highest BCUT2D eigenvalue weighted by atomic mass is 32.2. The van der Waals surface area contributed by atoms with Gasteiger partial charge in [-0.2, -0.15) is 17.0 Å². The van der Waals surface area contributed by atoms with Crippen LogP contribution >= 0.6 is 11.8 Å². The molecule has 0 aliphatic carbocycles. The van der Waals surface area contributed by atoms with Crippen LogP contribution in [0.1, 0.15) is 16.2 Å². The van der Waals surface area contributed by atoms with Gasteiger partial charge in [-0.15, -0.1) is 0 Å². The van der Waals surface area contributed by atoms with Gasteiger partial charge in [0, 0.05) is 37.5 Å². The van der Waals surface area contributed by atoms with Crippen LogP contribution in [0.4, 0.5) is 0 Å². The predicted molar refractivity (Wildman–Crippen MR) is 76.8 cm³/mol. The zero-order chi connectivity index (χ0) is 14.8. The summed E-state index contributed by atoms with van der Waals surface area (Å²) in [5, 5.41) is 13.8. The van der Waals surface area contributed by atoms with Gasteiger partial charge in [-0.1, -0.05) is 0 Å². The molecule has 1 aromatic heterocycles. The second kappa shape index (κ2) is 8.71. The molecule has 0 spiro atoms. The van der Waals surface area contributed by atoms with Crippen LogP contribution < -0.4 is 16.4 Å². The van der Waals surface area contributed by atoms with Crippen molar-refractivity contribution in [2.75, 3.05) is 19.3 Å². The van der Waals surface area contributed by atoms with Crippen molar-refractivity contribution in [2.24, 2.45) is 10.7 Å². The number of primary amides is 1. The Morgan fingerprint density at radius 3 is 2.95 bits per heavy atom. The molecule has 9 heteroatoms. The number of nitrogens with zero attached hydrogens (tertiary/aromatic N) is 4. The van der Waals surface area contributed by atoms with Gasteiger partial charge in [-0.3, -0.25) is 20.1 Å². The zero-order valence-electron chi connectivity index (χ0n) is 11.0. The molecule has 0 fully saturated rings. The van der Waals surface area contributed by atoms with Crippen molar-refractivity contribution in [1.82, 2.24) is 20.6 Å². The van der Waals surface area contributed by atoms with Gasteiger partial charge in [-0.25, -0.2) is 4.98 Å². The lowest BCUT2D eigenvalue weighted by Gasteiger charge is -2.07. The molecule has 1 heterocycles. The fraction of sp³-hybridized carbons (Fsp3) is 0.364. The maximum absolute atomic E-state index is 11.2. The molecule has 106 valence electrons. The monoisotopic (exact) mass is 293 g/mol. The van der Waals surface area contributed by atoms with Gasteiger partial charge in [0.2, 0.25) is 5.96 Å². The van der Waals surface area contributed by atoms with E-state index < -0.39 is 5.91 Å². The summed E-state index contributed by atoms with van der Waals surface area (Å²) in [7, 11) is 1.58. The van der Waals surface area contributed by atoms with Gasteiger partial charge >= 0.3 is 0 Å². The van der Waals surface area contributed by atoms with Gasteiger partial charge in [0.15, 0.2) is 6.19 Å². The Kier molecular flexibility index (Phi) is 6.84. The minimum absolute atomic E-state index is 0.204. The van der Waals surface area contributed by atoms with Crippen LogP contribution in [-0.4, -0.2) is 41.2 Å². The number of rotatable bonds is 6. The summed E-state index contributed by atoms with van der Waals surface area (Å²) in [6, 6.07) is 0. The topological polar surface area (TPSA) is 129 Å². The third-order valence-electron chi connectivity index (χ3n) is 2.18. The molecule has 1 aromatic rings. The first-order valence-corrected chi connectivity index (χ1v) is 6.87. The number of nitrogens with one attached hydrogen (secondary N) is 2. The Labute approximate surface area is 120 Å². The molecule has 0 saturated carbocycles. The molecular formula is C11H15N7OS. The quantitative estimate of drug-likeness (QED) is 0.211. The fourth-order valence-electron chi connectivity index (χ4n) is 1.32. The average molecular weight is 293 g/mol. The van der Waals surface area contributed by atoms with Crippen molar-refractivity contribution in [2.45, 2.75) is 5.75 Å². The van der Waals surface area contributed by atoms with Crippen LogP contribution in [-0.2, 0) is 5.75 Å². The number of carbonyl (C=O) groups excluding carboxylic acids is 1. The van der Waals surface area contributed by atoms with E-state index in [1.165, 1.54) is 12.4 Å². The number of guanidine groups is 1. The number of amides is 1. The van der Waals surface area contributed by atoms with E-state index in [0.29, 0.717) is 24.0 Å². The SMILES string of the molecule is CN=C(NC#N)NCCSCc1nccnc1C(N)=O. The largest absolute Gasteiger partial charge is 0.364 e. The Balaban J connectivity index is 2.35. The second-order valence-electron chi connectivity index (χ2n) is 3.50. The van der Waals surface area contributed by atoms with Crippen molar-refractivity contribution in [3.8, 4) is 6.19 Å². The van der Waals surface area contributed by atoms with Crippen molar-refractivity contribution in [3.63, 3.8) is 0 Å². The molecule has 1 rings (SSSR count). The molecule has 20 heavy (non-hydrogen) atoms. The summed E-state index contributed by atoms with van der Waals surface area (Å²) >= 11 is 1.57. The summed E-state index contributed by atoms with van der Waals surface area (Å²) in [6.07, 6.45) is 4.75. The number of hydrogen-bond donors (Lipinski definition) is 3. The maximum atomic E-state index is 11.2. The van der Waals surface area contributed by atoms with Crippen LogP contribution in [0, 0.1) is 11.5 Å². The lowest BCUT2D eigenvalue weighted by molar-refractivity contribution is 0.0994. The number of hydrogen-bond acceptors (Lipinski definition) is 6. The van der Waals surface area contributed by atoms with Crippen molar-refractivity contribution < 1.29 is 4.79 Å². The van der Waals surface area contributed by atoms with E-state index in [1.807, 2.05) is 0 Å². The third kappa shape index (κ3) is 5.11. The van der Waals surface area contributed by atoms with Gasteiger partial charge in [-0.05, 0) is 0 Å². The first-order valence-electron chi connectivity index (χ1n) is 5.72. The van der Waals surface area contributed by atoms with E-state index in [2.05, 4.69) is 25.6 Å². The Hall–Kier alpha value is -2.34. The summed E-state index contributed by atoms with van der Waals surface area (Å²) in [5.74, 6) is 1.13. The molecule has 1 amide bonds. The molecule has 0 bridgehead atoms. The smallest absolute Gasteiger partial charge is 0.269 e.